The molecule has 1 aliphatic carbocycles. The van der Waals surface area contributed by atoms with Crippen molar-refractivity contribution in [1.82, 2.24) is 0 Å². The molecular formula is C14H22O4. The predicted molar refractivity (Wildman–Crippen MR) is 67.0 cm³/mol. The van der Waals surface area contributed by atoms with Crippen molar-refractivity contribution >= 4 is 17.5 Å². The zero-order valence-corrected chi connectivity index (χ0v) is 11.6. The number of esters is 1. The molecule has 0 saturated heterocycles. The average molecular weight is 254 g/mol. The summed E-state index contributed by atoms with van der Waals surface area (Å²) in [6.07, 6.45) is 3.56. The molecule has 0 amide bonds. The van der Waals surface area contributed by atoms with Gasteiger partial charge in [0.15, 0.2) is 17.5 Å². The lowest BCUT2D eigenvalue weighted by Crippen LogP contribution is -2.38. The first-order chi connectivity index (χ1) is 8.22. The van der Waals surface area contributed by atoms with Crippen LogP contribution in [0.25, 0.3) is 0 Å². The van der Waals surface area contributed by atoms with Gasteiger partial charge in [-0.25, -0.2) is 0 Å². The third-order valence-electron chi connectivity index (χ3n) is 3.09. The Bertz CT molecular complexity index is 345. The van der Waals surface area contributed by atoms with Crippen LogP contribution in [0.15, 0.2) is 0 Å². The van der Waals surface area contributed by atoms with Crippen LogP contribution in [0.3, 0.4) is 0 Å². The van der Waals surface area contributed by atoms with E-state index in [-0.39, 0.29) is 11.7 Å². The highest BCUT2D eigenvalue weighted by Gasteiger charge is 2.39. The maximum Gasteiger partial charge on any atom is 0.324 e. The molecule has 0 spiro atoms. The molecule has 0 bridgehead atoms. The predicted octanol–water partition coefficient (Wildman–Crippen LogP) is 2.29. The van der Waals surface area contributed by atoms with E-state index >= 15 is 0 Å². The first-order valence-electron chi connectivity index (χ1n) is 6.49. The van der Waals surface area contributed by atoms with Gasteiger partial charge >= 0.3 is 5.97 Å². The molecule has 0 aromatic carbocycles. The van der Waals surface area contributed by atoms with Crippen molar-refractivity contribution in [3.8, 4) is 0 Å². The number of carbonyl (C=O) groups excluding carboxylic acids is 3. The van der Waals surface area contributed by atoms with Crippen molar-refractivity contribution in [2.45, 2.75) is 59.0 Å². The second-order valence-corrected chi connectivity index (χ2v) is 5.96. The summed E-state index contributed by atoms with van der Waals surface area (Å²) in [6, 6.07) is 0. The smallest absolute Gasteiger partial charge is 0.324 e. The van der Waals surface area contributed by atoms with Crippen molar-refractivity contribution in [2.75, 3.05) is 0 Å². The summed E-state index contributed by atoms with van der Waals surface area (Å²) in [5.74, 6) is -2.75. The van der Waals surface area contributed by atoms with Crippen molar-refractivity contribution in [2.24, 2.45) is 11.8 Å². The monoisotopic (exact) mass is 254 g/mol. The summed E-state index contributed by atoms with van der Waals surface area (Å²) in [6.45, 7) is 6.45. The van der Waals surface area contributed by atoms with E-state index in [1.54, 1.807) is 20.8 Å². The van der Waals surface area contributed by atoms with E-state index < -0.39 is 23.3 Å². The van der Waals surface area contributed by atoms with Gasteiger partial charge in [0.1, 0.15) is 5.60 Å². The van der Waals surface area contributed by atoms with Gasteiger partial charge in [-0.2, -0.15) is 0 Å². The lowest BCUT2D eigenvalue weighted by molar-refractivity contribution is -0.164. The van der Waals surface area contributed by atoms with Crippen molar-refractivity contribution in [3.05, 3.63) is 0 Å². The molecule has 0 N–H and O–H groups in total. The summed E-state index contributed by atoms with van der Waals surface area (Å²) in [5, 5.41) is 0. The maximum absolute atomic E-state index is 12.2. The standard InChI is InChI=1S/C14H22O4/c1-9(15)11(13(17)18-14(2,3)4)12(16)10-7-5-6-8-10/h10-11H,5-8H2,1-4H3. The van der Waals surface area contributed by atoms with E-state index in [0.29, 0.717) is 0 Å². The zero-order valence-electron chi connectivity index (χ0n) is 11.6. The Balaban J connectivity index is 2.79. The highest BCUT2D eigenvalue weighted by molar-refractivity contribution is 6.17. The molecule has 1 fully saturated rings. The van der Waals surface area contributed by atoms with Gasteiger partial charge in [0.05, 0.1) is 0 Å². The molecule has 1 rings (SSSR count). The van der Waals surface area contributed by atoms with E-state index in [1.165, 1.54) is 6.92 Å². The Morgan fingerprint density at radius 2 is 1.61 bits per heavy atom. The minimum Gasteiger partial charge on any atom is -0.459 e. The summed E-state index contributed by atoms with van der Waals surface area (Å²) >= 11 is 0. The molecular weight excluding hydrogens is 232 g/mol. The number of rotatable bonds is 4. The Labute approximate surface area is 108 Å². The van der Waals surface area contributed by atoms with Gasteiger partial charge < -0.3 is 4.74 Å². The Morgan fingerprint density at radius 3 is 2.00 bits per heavy atom. The molecule has 1 atom stereocenters. The Hall–Kier alpha value is -1.19. The summed E-state index contributed by atoms with van der Waals surface area (Å²) < 4.78 is 5.16. The number of ketones is 2. The quantitative estimate of drug-likeness (QED) is 0.570. The van der Waals surface area contributed by atoms with Gasteiger partial charge in [0, 0.05) is 5.92 Å². The van der Waals surface area contributed by atoms with Gasteiger partial charge in [0.2, 0.25) is 0 Å². The van der Waals surface area contributed by atoms with E-state index in [9.17, 15) is 14.4 Å². The molecule has 102 valence electrons. The average Bonchev–Trinajstić information content (AvgIpc) is 2.65. The second kappa shape index (κ2) is 5.63. The van der Waals surface area contributed by atoms with E-state index in [0.717, 1.165) is 25.7 Å². The van der Waals surface area contributed by atoms with Crippen LogP contribution < -0.4 is 0 Å². The minimum absolute atomic E-state index is 0.147. The van der Waals surface area contributed by atoms with Gasteiger partial charge in [-0.05, 0) is 40.5 Å². The van der Waals surface area contributed by atoms with Crippen LogP contribution >= 0.6 is 0 Å². The highest BCUT2D eigenvalue weighted by atomic mass is 16.6. The summed E-state index contributed by atoms with van der Waals surface area (Å²) in [7, 11) is 0. The molecule has 1 aliphatic rings. The fourth-order valence-corrected chi connectivity index (χ4v) is 2.29. The summed E-state index contributed by atoms with van der Waals surface area (Å²) in [5.41, 5.74) is -0.680. The number of carbonyl (C=O) groups is 3. The molecule has 0 heterocycles. The van der Waals surface area contributed by atoms with Crippen LogP contribution in [0.2, 0.25) is 0 Å². The van der Waals surface area contributed by atoms with Crippen LogP contribution in [0, 0.1) is 11.8 Å². The van der Waals surface area contributed by atoms with E-state index in [1.807, 2.05) is 0 Å². The number of Topliss-reactive ketones (excluding diaryl/α,β-unsaturated/α-hetero) is 2. The Kier molecular flexibility index (Phi) is 4.65. The third kappa shape index (κ3) is 3.93. The SMILES string of the molecule is CC(=O)C(C(=O)OC(C)(C)C)C(=O)C1CCCC1. The van der Waals surface area contributed by atoms with Crippen molar-refractivity contribution < 1.29 is 19.1 Å². The fraction of sp³-hybridized carbons (Fsp3) is 0.786. The maximum atomic E-state index is 12.2. The normalized spacial score (nSPS) is 18.4. The molecule has 1 unspecified atom stereocenters. The number of ether oxygens (including phenoxy) is 1. The number of hydrogen-bond acceptors (Lipinski definition) is 4. The molecule has 0 aromatic heterocycles. The lowest BCUT2D eigenvalue weighted by Gasteiger charge is -2.23. The largest absolute Gasteiger partial charge is 0.459 e. The molecule has 18 heavy (non-hydrogen) atoms. The van der Waals surface area contributed by atoms with E-state index in [2.05, 4.69) is 0 Å². The van der Waals surface area contributed by atoms with Gasteiger partial charge in [-0.3, -0.25) is 14.4 Å². The highest BCUT2D eigenvalue weighted by Crippen LogP contribution is 2.29. The van der Waals surface area contributed by atoms with Crippen LogP contribution in [-0.4, -0.2) is 23.1 Å². The van der Waals surface area contributed by atoms with E-state index in [4.69, 9.17) is 4.74 Å². The van der Waals surface area contributed by atoms with Crippen molar-refractivity contribution in [3.63, 3.8) is 0 Å². The fourth-order valence-electron chi connectivity index (χ4n) is 2.29. The topological polar surface area (TPSA) is 60.4 Å². The first-order valence-corrected chi connectivity index (χ1v) is 6.49. The van der Waals surface area contributed by atoms with Gasteiger partial charge in [-0.1, -0.05) is 12.8 Å². The molecule has 0 aromatic rings. The number of hydrogen-bond donors (Lipinski definition) is 0. The second-order valence-electron chi connectivity index (χ2n) is 5.96. The van der Waals surface area contributed by atoms with Crippen LogP contribution in [0.5, 0.6) is 0 Å². The van der Waals surface area contributed by atoms with Crippen LogP contribution in [0.4, 0.5) is 0 Å². The molecule has 0 aliphatic heterocycles. The van der Waals surface area contributed by atoms with Gasteiger partial charge in [-0.15, -0.1) is 0 Å². The van der Waals surface area contributed by atoms with Crippen LogP contribution in [0.1, 0.15) is 53.4 Å². The third-order valence-corrected chi connectivity index (χ3v) is 3.09. The molecule has 4 nitrogen and oxygen atoms in total. The van der Waals surface area contributed by atoms with Gasteiger partial charge in [0.25, 0.3) is 0 Å². The lowest BCUT2D eigenvalue weighted by atomic mass is 9.89. The van der Waals surface area contributed by atoms with Crippen LogP contribution in [-0.2, 0) is 19.1 Å². The molecule has 0 radical (unpaired) electrons. The Morgan fingerprint density at radius 1 is 1.11 bits per heavy atom. The van der Waals surface area contributed by atoms with Crippen molar-refractivity contribution in [1.29, 1.82) is 0 Å². The first kappa shape index (κ1) is 14.9. The minimum atomic E-state index is -1.23. The molecule has 4 heteroatoms. The molecule has 1 saturated carbocycles. The summed E-state index contributed by atoms with van der Waals surface area (Å²) in [4.78, 5) is 35.7. The zero-order chi connectivity index (χ0) is 13.9.